The smallest absolute Gasteiger partial charge is 0.261 e. The van der Waals surface area contributed by atoms with Crippen molar-refractivity contribution in [3.8, 4) is 5.88 Å². The van der Waals surface area contributed by atoms with Gasteiger partial charge in [-0.2, -0.15) is 0 Å². The molecule has 1 fully saturated rings. The Hall–Kier alpha value is -2.87. The van der Waals surface area contributed by atoms with E-state index >= 15 is 0 Å². The van der Waals surface area contributed by atoms with Crippen molar-refractivity contribution in [3.05, 3.63) is 47.7 Å². The first-order valence-corrected chi connectivity index (χ1v) is 10.5. The number of hydrogen-bond donors (Lipinski definition) is 1. The van der Waals surface area contributed by atoms with Crippen LogP contribution in [0.2, 0.25) is 0 Å². The zero-order valence-corrected chi connectivity index (χ0v) is 17.8. The van der Waals surface area contributed by atoms with E-state index in [2.05, 4.69) is 27.4 Å². The third kappa shape index (κ3) is 6.06. The van der Waals surface area contributed by atoms with E-state index < -0.39 is 0 Å². The zero-order valence-electron chi connectivity index (χ0n) is 17.8. The number of benzene rings is 1. The Morgan fingerprint density at radius 3 is 2.57 bits per heavy atom. The van der Waals surface area contributed by atoms with E-state index in [-0.39, 0.29) is 11.8 Å². The molecule has 0 atom stereocenters. The van der Waals surface area contributed by atoms with E-state index in [0.717, 1.165) is 32.5 Å². The Bertz CT molecular complexity index is 829. The fourth-order valence-corrected chi connectivity index (χ4v) is 3.65. The Labute approximate surface area is 177 Å². The van der Waals surface area contributed by atoms with E-state index in [1.807, 2.05) is 23.1 Å². The van der Waals surface area contributed by atoms with Gasteiger partial charge in [0.1, 0.15) is 5.56 Å². The molecule has 0 saturated carbocycles. The van der Waals surface area contributed by atoms with Crippen LogP contribution in [0.15, 0.2) is 36.5 Å². The predicted octanol–water partition coefficient (Wildman–Crippen LogP) is 1.33. The molecular formula is C22H31N5O3. The third-order valence-corrected chi connectivity index (χ3v) is 5.34. The number of aromatic nitrogens is 2. The largest absolute Gasteiger partial charge is 0.479 e. The summed E-state index contributed by atoms with van der Waals surface area (Å²) >= 11 is 0. The molecule has 0 spiro atoms. The lowest BCUT2D eigenvalue weighted by atomic mass is 10.1. The molecule has 1 aliphatic heterocycles. The molecule has 162 valence electrons. The average Bonchev–Trinajstić information content (AvgIpc) is 3.15. The highest BCUT2D eigenvalue weighted by molar-refractivity contribution is 5.96. The van der Waals surface area contributed by atoms with Gasteiger partial charge in [0.15, 0.2) is 0 Å². The molecule has 2 amide bonds. The molecule has 30 heavy (non-hydrogen) atoms. The van der Waals surface area contributed by atoms with Gasteiger partial charge in [0, 0.05) is 58.9 Å². The van der Waals surface area contributed by atoms with Gasteiger partial charge >= 0.3 is 0 Å². The van der Waals surface area contributed by atoms with Crippen molar-refractivity contribution in [1.82, 2.24) is 24.9 Å². The standard InChI is InChI=1S/C22H31N5O3/c1-25-17-19(21(24-25)30-2)22(29)27-15-13-26(14-16-27)12-11-23-20(28)10-6-9-18-7-4-3-5-8-18/h3-5,7-8,17H,6,9-16H2,1-2H3,(H,23,28). The van der Waals surface area contributed by atoms with E-state index in [9.17, 15) is 9.59 Å². The molecule has 8 nitrogen and oxygen atoms in total. The molecule has 2 heterocycles. The van der Waals surface area contributed by atoms with Crippen LogP contribution in [0.4, 0.5) is 0 Å². The van der Waals surface area contributed by atoms with Crippen molar-refractivity contribution in [2.24, 2.45) is 7.05 Å². The van der Waals surface area contributed by atoms with Gasteiger partial charge in [-0.05, 0) is 18.4 Å². The highest BCUT2D eigenvalue weighted by Gasteiger charge is 2.25. The summed E-state index contributed by atoms with van der Waals surface area (Å²) in [7, 11) is 3.29. The second-order valence-corrected chi connectivity index (χ2v) is 7.55. The number of hydrogen-bond acceptors (Lipinski definition) is 5. The van der Waals surface area contributed by atoms with Crippen LogP contribution in [0, 0.1) is 0 Å². The summed E-state index contributed by atoms with van der Waals surface area (Å²) in [6.07, 6.45) is 4.02. The number of piperazine rings is 1. The van der Waals surface area contributed by atoms with Gasteiger partial charge in [-0.1, -0.05) is 30.3 Å². The highest BCUT2D eigenvalue weighted by Crippen LogP contribution is 2.18. The number of amides is 2. The van der Waals surface area contributed by atoms with Gasteiger partial charge in [0.05, 0.1) is 7.11 Å². The quantitative estimate of drug-likeness (QED) is 0.671. The number of carbonyl (C=O) groups is 2. The van der Waals surface area contributed by atoms with E-state index in [1.54, 1.807) is 17.9 Å². The van der Waals surface area contributed by atoms with Crippen LogP contribution in [0.3, 0.4) is 0 Å². The molecule has 0 unspecified atom stereocenters. The maximum atomic E-state index is 12.7. The molecule has 1 N–H and O–H groups in total. The molecule has 1 saturated heterocycles. The van der Waals surface area contributed by atoms with Crippen LogP contribution >= 0.6 is 0 Å². The van der Waals surface area contributed by atoms with Crippen molar-refractivity contribution in [2.45, 2.75) is 19.3 Å². The number of ether oxygens (including phenoxy) is 1. The first-order valence-electron chi connectivity index (χ1n) is 10.5. The van der Waals surface area contributed by atoms with Crippen molar-refractivity contribution < 1.29 is 14.3 Å². The molecule has 8 heteroatoms. The fraction of sp³-hybridized carbons (Fsp3) is 0.500. The number of aryl methyl sites for hydroxylation is 2. The Morgan fingerprint density at radius 1 is 1.13 bits per heavy atom. The van der Waals surface area contributed by atoms with Crippen molar-refractivity contribution in [1.29, 1.82) is 0 Å². The molecule has 1 aromatic carbocycles. The Morgan fingerprint density at radius 2 is 1.87 bits per heavy atom. The lowest BCUT2D eigenvalue weighted by Gasteiger charge is -2.34. The van der Waals surface area contributed by atoms with Crippen LogP contribution < -0.4 is 10.1 Å². The summed E-state index contributed by atoms with van der Waals surface area (Å²) in [5.41, 5.74) is 1.76. The topological polar surface area (TPSA) is 79.7 Å². The minimum atomic E-state index is -0.0497. The van der Waals surface area contributed by atoms with Gasteiger partial charge in [-0.3, -0.25) is 19.2 Å². The first-order chi connectivity index (χ1) is 14.6. The maximum Gasteiger partial charge on any atom is 0.261 e. The van der Waals surface area contributed by atoms with Crippen LogP contribution in [-0.4, -0.2) is 77.8 Å². The average molecular weight is 414 g/mol. The number of carbonyl (C=O) groups excluding carboxylic acids is 2. The molecule has 1 aromatic heterocycles. The Balaban J connectivity index is 1.32. The normalized spacial score (nSPS) is 14.5. The summed E-state index contributed by atoms with van der Waals surface area (Å²) in [6.45, 7) is 4.32. The Kier molecular flexibility index (Phi) is 7.84. The van der Waals surface area contributed by atoms with Crippen molar-refractivity contribution in [2.75, 3.05) is 46.4 Å². The second kappa shape index (κ2) is 10.8. The molecule has 2 aromatic rings. The maximum absolute atomic E-state index is 12.7. The molecule has 1 aliphatic rings. The van der Waals surface area contributed by atoms with Gasteiger partial charge in [0.25, 0.3) is 5.91 Å². The number of rotatable bonds is 9. The minimum absolute atomic E-state index is 0.0497. The van der Waals surface area contributed by atoms with E-state index in [0.29, 0.717) is 37.5 Å². The van der Waals surface area contributed by atoms with Crippen molar-refractivity contribution in [3.63, 3.8) is 0 Å². The van der Waals surface area contributed by atoms with Gasteiger partial charge < -0.3 is 15.0 Å². The van der Waals surface area contributed by atoms with E-state index in [4.69, 9.17) is 4.74 Å². The summed E-state index contributed by atoms with van der Waals surface area (Å²) in [4.78, 5) is 28.9. The van der Waals surface area contributed by atoms with Crippen LogP contribution in [-0.2, 0) is 18.3 Å². The number of methoxy groups -OCH3 is 1. The minimum Gasteiger partial charge on any atom is -0.479 e. The van der Waals surface area contributed by atoms with E-state index in [1.165, 1.54) is 12.7 Å². The summed E-state index contributed by atoms with van der Waals surface area (Å²) < 4.78 is 6.79. The number of nitrogens with zero attached hydrogens (tertiary/aromatic N) is 4. The lowest BCUT2D eigenvalue weighted by molar-refractivity contribution is -0.121. The van der Waals surface area contributed by atoms with Crippen LogP contribution in [0.1, 0.15) is 28.8 Å². The number of nitrogens with one attached hydrogen (secondary N) is 1. The van der Waals surface area contributed by atoms with Crippen LogP contribution in [0.5, 0.6) is 5.88 Å². The highest BCUT2D eigenvalue weighted by atomic mass is 16.5. The van der Waals surface area contributed by atoms with Gasteiger partial charge in [-0.25, -0.2) is 0 Å². The second-order valence-electron chi connectivity index (χ2n) is 7.55. The third-order valence-electron chi connectivity index (χ3n) is 5.34. The van der Waals surface area contributed by atoms with Gasteiger partial charge in [-0.15, -0.1) is 5.10 Å². The van der Waals surface area contributed by atoms with Crippen molar-refractivity contribution >= 4 is 11.8 Å². The molecule has 0 aliphatic carbocycles. The summed E-state index contributed by atoms with van der Waals surface area (Å²) in [5, 5.41) is 7.16. The fourth-order valence-electron chi connectivity index (χ4n) is 3.65. The first kappa shape index (κ1) is 21.8. The molecule has 0 bridgehead atoms. The summed E-state index contributed by atoms with van der Waals surface area (Å²) in [6, 6.07) is 10.2. The zero-order chi connectivity index (χ0) is 21.3. The van der Waals surface area contributed by atoms with Crippen LogP contribution in [0.25, 0.3) is 0 Å². The molecule has 3 rings (SSSR count). The lowest BCUT2D eigenvalue weighted by Crippen LogP contribution is -2.50. The molecular weight excluding hydrogens is 382 g/mol. The summed E-state index contributed by atoms with van der Waals surface area (Å²) in [5.74, 6) is 0.412. The predicted molar refractivity (Wildman–Crippen MR) is 114 cm³/mol. The monoisotopic (exact) mass is 413 g/mol. The molecule has 0 radical (unpaired) electrons. The van der Waals surface area contributed by atoms with Gasteiger partial charge in [0.2, 0.25) is 11.8 Å². The SMILES string of the molecule is COc1nn(C)cc1C(=O)N1CCN(CCNC(=O)CCCc2ccccc2)CC1.